The van der Waals surface area contributed by atoms with Gasteiger partial charge in [-0.3, -0.25) is 43.2 Å². The molecule has 0 aromatic heterocycles. The van der Waals surface area contributed by atoms with Gasteiger partial charge in [0.05, 0.1) is 24.4 Å². The van der Waals surface area contributed by atoms with Crippen molar-refractivity contribution >= 4 is 64.9 Å². The molecule has 21 heteroatoms. The number of rotatable bonds is 34. The molecule has 6 atom stereocenters. The lowest BCUT2D eigenvalue weighted by Crippen LogP contribution is -2.46. The third-order valence-corrected chi connectivity index (χ3v) is 9.35. The SMILES string of the molecule is CC[C@@H](CCCCNC(=O)[C@@H](N)CCCCNC(=O)CC[C@H](CC(=O)CC[C@H](NC(=O)CC[C@H](CC(=O)[C@H](NC(C)=O)C(=O)O)C(=O)O)C(=O)O)C(=O)O)C(=O)CN. The fourth-order valence-electron chi connectivity index (χ4n) is 5.84. The molecule has 0 heterocycles. The number of hydrogen-bond donors (Lipinski definition) is 10. The van der Waals surface area contributed by atoms with E-state index in [2.05, 4.69) is 16.0 Å². The number of carbonyl (C=O) groups excluding carboxylic acids is 7. The Morgan fingerprint density at radius 1 is 0.569 bits per heavy atom. The van der Waals surface area contributed by atoms with Gasteiger partial charge in [0.25, 0.3) is 0 Å². The number of Topliss-reactive ketones (excluding diaryl/α,β-unsaturated/α-hetero) is 3. The van der Waals surface area contributed by atoms with Gasteiger partial charge in [0, 0.05) is 58.0 Å². The van der Waals surface area contributed by atoms with Gasteiger partial charge >= 0.3 is 23.9 Å². The highest BCUT2D eigenvalue weighted by Crippen LogP contribution is 2.17. The van der Waals surface area contributed by atoms with Crippen molar-refractivity contribution in [1.82, 2.24) is 21.3 Å². The van der Waals surface area contributed by atoms with Crippen molar-refractivity contribution < 1.29 is 73.2 Å². The van der Waals surface area contributed by atoms with E-state index in [9.17, 15) is 68.1 Å². The first kappa shape index (κ1) is 52.7. The van der Waals surface area contributed by atoms with Crippen LogP contribution in [0.25, 0.3) is 0 Å². The number of nitrogens with two attached hydrogens (primary N) is 2. The Morgan fingerprint density at radius 2 is 1.12 bits per heavy atom. The van der Waals surface area contributed by atoms with Gasteiger partial charge in [0.15, 0.2) is 11.8 Å². The molecule has 0 unspecified atom stereocenters. The van der Waals surface area contributed by atoms with Crippen LogP contribution in [0.1, 0.15) is 110 Å². The maximum Gasteiger partial charge on any atom is 0.334 e. The van der Waals surface area contributed by atoms with E-state index in [4.69, 9.17) is 16.6 Å². The number of carboxylic acids is 4. The smallest absolute Gasteiger partial charge is 0.334 e. The molecular formula is C37H60N6O15. The fraction of sp³-hybridized carbons (Fsp3) is 0.703. The van der Waals surface area contributed by atoms with Crippen molar-refractivity contribution in [2.24, 2.45) is 29.2 Å². The molecule has 4 amide bonds. The molecule has 12 N–H and O–H groups in total. The molecule has 0 fully saturated rings. The van der Waals surface area contributed by atoms with E-state index < -0.39 is 122 Å². The number of carboxylic acid groups (broad SMARTS) is 4. The van der Waals surface area contributed by atoms with Crippen LogP contribution in [0.2, 0.25) is 0 Å². The van der Waals surface area contributed by atoms with Gasteiger partial charge in [-0.25, -0.2) is 9.59 Å². The van der Waals surface area contributed by atoms with Gasteiger partial charge in [0.1, 0.15) is 17.6 Å². The molecule has 0 rings (SSSR count). The van der Waals surface area contributed by atoms with Crippen molar-refractivity contribution in [3.63, 3.8) is 0 Å². The molecule has 0 aliphatic heterocycles. The van der Waals surface area contributed by atoms with Crippen LogP contribution >= 0.6 is 0 Å². The van der Waals surface area contributed by atoms with E-state index in [-0.39, 0.29) is 43.5 Å². The molecule has 0 bridgehead atoms. The van der Waals surface area contributed by atoms with E-state index in [1.54, 1.807) is 0 Å². The minimum absolute atomic E-state index is 0.0159. The first-order valence-corrected chi connectivity index (χ1v) is 19.3. The highest BCUT2D eigenvalue weighted by atomic mass is 16.4. The molecular weight excluding hydrogens is 768 g/mol. The first-order chi connectivity index (χ1) is 27.2. The van der Waals surface area contributed by atoms with E-state index in [0.29, 0.717) is 45.1 Å². The van der Waals surface area contributed by atoms with Crippen molar-refractivity contribution in [2.45, 2.75) is 128 Å². The average molecular weight is 829 g/mol. The highest BCUT2D eigenvalue weighted by Gasteiger charge is 2.32. The number of hydrogen-bond acceptors (Lipinski definition) is 13. The lowest BCUT2D eigenvalue weighted by Gasteiger charge is -2.17. The van der Waals surface area contributed by atoms with E-state index in [1.807, 2.05) is 12.2 Å². The Bertz CT molecular complexity index is 1460. The summed E-state index contributed by atoms with van der Waals surface area (Å²) in [7, 11) is 0. The van der Waals surface area contributed by atoms with Crippen LogP contribution in [0, 0.1) is 17.8 Å². The maximum atomic E-state index is 12.6. The Kier molecular flexibility index (Phi) is 26.3. The maximum absolute atomic E-state index is 12.6. The summed E-state index contributed by atoms with van der Waals surface area (Å²) < 4.78 is 0. The van der Waals surface area contributed by atoms with Crippen LogP contribution in [0.5, 0.6) is 0 Å². The number of nitrogens with one attached hydrogen (secondary N) is 4. The number of aliphatic carboxylic acids is 4. The zero-order chi connectivity index (χ0) is 44.4. The van der Waals surface area contributed by atoms with Gasteiger partial charge in [-0.1, -0.05) is 13.3 Å². The van der Waals surface area contributed by atoms with Crippen LogP contribution in [0.3, 0.4) is 0 Å². The summed E-state index contributed by atoms with van der Waals surface area (Å²) in [5.74, 6) is -13.3. The monoisotopic (exact) mass is 828 g/mol. The Hall–Kier alpha value is -5.31. The molecule has 0 radical (unpaired) electrons. The highest BCUT2D eigenvalue weighted by molar-refractivity contribution is 6.05. The van der Waals surface area contributed by atoms with E-state index in [1.165, 1.54) is 0 Å². The molecule has 21 nitrogen and oxygen atoms in total. The van der Waals surface area contributed by atoms with Gasteiger partial charge < -0.3 is 53.2 Å². The summed E-state index contributed by atoms with van der Waals surface area (Å²) in [6, 6.07) is -4.35. The van der Waals surface area contributed by atoms with Crippen molar-refractivity contribution in [1.29, 1.82) is 0 Å². The summed E-state index contributed by atoms with van der Waals surface area (Å²) >= 11 is 0. The molecule has 0 aromatic rings. The largest absolute Gasteiger partial charge is 0.481 e. The number of ketones is 3. The van der Waals surface area contributed by atoms with Crippen LogP contribution in [0.15, 0.2) is 0 Å². The summed E-state index contributed by atoms with van der Waals surface area (Å²) in [5, 5.41) is 47.2. The Balaban J connectivity index is 4.65. The summed E-state index contributed by atoms with van der Waals surface area (Å²) in [5.41, 5.74) is 11.4. The minimum atomic E-state index is -2.00. The predicted octanol–water partition coefficient (Wildman–Crippen LogP) is -0.740. The Labute approximate surface area is 336 Å². The second-order valence-corrected chi connectivity index (χ2v) is 14.0. The van der Waals surface area contributed by atoms with Crippen molar-refractivity contribution in [2.75, 3.05) is 19.6 Å². The van der Waals surface area contributed by atoms with E-state index in [0.717, 1.165) is 13.3 Å². The summed E-state index contributed by atoms with van der Waals surface area (Å²) in [4.78, 5) is 131. The third-order valence-electron chi connectivity index (χ3n) is 9.35. The number of carbonyl (C=O) groups is 11. The number of unbranched alkanes of at least 4 members (excludes halogenated alkanes) is 2. The van der Waals surface area contributed by atoms with E-state index >= 15 is 0 Å². The second-order valence-electron chi connectivity index (χ2n) is 14.0. The first-order valence-electron chi connectivity index (χ1n) is 19.3. The van der Waals surface area contributed by atoms with Gasteiger partial charge in [0.2, 0.25) is 23.6 Å². The fourth-order valence-corrected chi connectivity index (χ4v) is 5.84. The Morgan fingerprint density at radius 3 is 1.64 bits per heavy atom. The molecule has 0 saturated heterocycles. The molecule has 0 aliphatic rings. The normalized spacial score (nSPS) is 14.0. The standard InChI is InChI=1S/C37H60N6O15/c1-3-22(29(47)20-38)8-4-6-17-41-33(50)26(39)9-5-7-16-40-30(48)14-10-23(34(51)52)18-25(45)12-13-27(36(55)56)43-31(49)15-11-24(35(53)54)19-28(46)32(37(57)58)42-21(2)44/h22-24,26-27,32H,3-20,38-39H2,1-2H3,(H,40,48)(H,41,50)(H,42,44)(H,43,49)(H,51,52)(H,53,54)(H,55,56)(H,57,58)/t22-,23+,24+,26-,27-,32-/m0/s1. The summed E-state index contributed by atoms with van der Waals surface area (Å²) in [6.07, 6.45) is 0.542. The van der Waals surface area contributed by atoms with Crippen LogP contribution in [-0.4, -0.2) is 123 Å². The lowest BCUT2D eigenvalue weighted by molar-refractivity contribution is -0.149. The predicted molar refractivity (Wildman–Crippen MR) is 204 cm³/mol. The average Bonchev–Trinajstić information content (AvgIpc) is 3.15. The molecule has 0 saturated carbocycles. The second kappa shape index (κ2) is 29.0. The van der Waals surface area contributed by atoms with Crippen LogP contribution in [0.4, 0.5) is 0 Å². The van der Waals surface area contributed by atoms with Crippen LogP contribution in [-0.2, 0) is 52.7 Å². The lowest BCUT2D eigenvalue weighted by atomic mass is 9.93. The summed E-state index contributed by atoms with van der Waals surface area (Å²) in [6.45, 7) is 3.57. The minimum Gasteiger partial charge on any atom is -0.481 e. The molecule has 58 heavy (non-hydrogen) atoms. The molecule has 0 aliphatic carbocycles. The quantitative estimate of drug-likeness (QED) is 0.0282. The third kappa shape index (κ3) is 23.0. The zero-order valence-electron chi connectivity index (χ0n) is 33.1. The van der Waals surface area contributed by atoms with Crippen LogP contribution < -0.4 is 32.7 Å². The van der Waals surface area contributed by atoms with Crippen molar-refractivity contribution in [3.05, 3.63) is 0 Å². The molecule has 0 spiro atoms. The van der Waals surface area contributed by atoms with Gasteiger partial charge in [-0.2, -0.15) is 0 Å². The zero-order valence-corrected chi connectivity index (χ0v) is 33.1. The van der Waals surface area contributed by atoms with Crippen molar-refractivity contribution in [3.8, 4) is 0 Å². The number of amides is 4. The molecule has 328 valence electrons. The molecule has 0 aromatic carbocycles. The topological polar surface area (TPSA) is 369 Å². The van der Waals surface area contributed by atoms with Gasteiger partial charge in [-0.05, 0) is 57.8 Å². The van der Waals surface area contributed by atoms with Gasteiger partial charge in [-0.15, -0.1) is 0 Å².